The second-order valence-electron chi connectivity index (χ2n) is 6.59. The molecule has 0 spiro atoms. The van der Waals surface area contributed by atoms with Gasteiger partial charge in [-0.05, 0) is 31.8 Å². The Morgan fingerprint density at radius 3 is 3.04 bits per heavy atom. The van der Waals surface area contributed by atoms with Gasteiger partial charge in [0.25, 0.3) is 0 Å². The third-order valence-electron chi connectivity index (χ3n) is 4.21. The molecule has 3 rings (SSSR count). The standard InChI is InChI=1S/C18H25FN4O2/c1-22(2)11-14-9-20-18(21-14)17-12-23(6-7-25-17)10-13-4-5-15(19)16(8-13)24-3/h4-5,8-9,17H,6-7,10-12H2,1-3H3,(H,20,21). The van der Waals surface area contributed by atoms with Crippen molar-refractivity contribution < 1.29 is 13.9 Å². The van der Waals surface area contributed by atoms with Crippen LogP contribution in [-0.2, 0) is 17.8 Å². The van der Waals surface area contributed by atoms with E-state index in [0.29, 0.717) is 6.61 Å². The molecule has 1 aliphatic heterocycles. The molecule has 1 aromatic heterocycles. The minimum atomic E-state index is -0.338. The number of morpholine rings is 1. The van der Waals surface area contributed by atoms with Crippen molar-refractivity contribution in [1.29, 1.82) is 0 Å². The molecule has 7 heteroatoms. The molecule has 25 heavy (non-hydrogen) atoms. The third-order valence-corrected chi connectivity index (χ3v) is 4.21. The number of aromatic nitrogens is 2. The van der Waals surface area contributed by atoms with E-state index in [2.05, 4.69) is 19.8 Å². The number of benzene rings is 1. The molecule has 1 aliphatic rings. The van der Waals surface area contributed by atoms with Crippen LogP contribution in [-0.4, -0.2) is 60.7 Å². The van der Waals surface area contributed by atoms with Crippen molar-refractivity contribution in [3.63, 3.8) is 0 Å². The number of H-pyrrole nitrogens is 1. The van der Waals surface area contributed by atoms with E-state index >= 15 is 0 Å². The van der Waals surface area contributed by atoms with Crippen LogP contribution in [0.15, 0.2) is 24.4 Å². The molecule has 136 valence electrons. The van der Waals surface area contributed by atoms with E-state index in [4.69, 9.17) is 9.47 Å². The molecule has 0 saturated carbocycles. The van der Waals surface area contributed by atoms with Crippen LogP contribution >= 0.6 is 0 Å². The van der Waals surface area contributed by atoms with Crippen molar-refractivity contribution >= 4 is 0 Å². The number of hydrogen-bond donors (Lipinski definition) is 1. The second-order valence-corrected chi connectivity index (χ2v) is 6.59. The van der Waals surface area contributed by atoms with Gasteiger partial charge in [0, 0.05) is 38.1 Å². The fourth-order valence-corrected chi connectivity index (χ4v) is 3.03. The number of imidazole rings is 1. The highest BCUT2D eigenvalue weighted by atomic mass is 19.1. The van der Waals surface area contributed by atoms with Gasteiger partial charge in [-0.25, -0.2) is 9.37 Å². The number of halogens is 1. The number of rotatable bonds is 6. The van der Waals surface area contributed by atoms with Crippen molar-refractivity contribution in [1.82, 2.24) is 19.8 Å². The van der Waals surface area contributed by atoms with E-state index in [1.807, 2.05) is 20.3 Å². The fourth-order valence-electron chi connectivity index (χ4n) is 3.03. The quantitative estimate of drug-likeness (QED) is 0.867. The summed E-state index contributed by atoms with van der Waals surface area (Å²) in [5, 5.41) is 0. The van der Waals surface area contributed by atoms with Gasteiger partial charge in [0.1, 0.15) is 11.9 Å². The highest BCUT2D eigenvalue weighted by molar-refractivity contribution is 5.30. The largest absolute Gasteiger partial charge is 0.494 e. The van der Waals surface area contributed by atoms with Gasteiger partial charge in [-0.1, -0.05) is 6.07 Å². The minimum absolute atomic E-state index is 0.0768. The van der Waals surface area contributed by atoms with Crippen molar-refractivity contribution in [2.75, 3.05) is 40.9 Å². The molecule has 2 heterocycles. The number of hydrogen-bond acceptors (Lipinski definition) is 5. The zero-order chi connectivity index (χ0) is 17.8. The van der Waals surface area contributed by atoms with Crippen LogP contribution in [0, 0.1) is 5.82 Å². The maximum atomic E-state index is 13.6. The molecule has 0 bridgehead atoms. The van der Waals surface area contributed by atoms with Crippen LogP contribution in [0.25, 0.3) is 0 Å². The Bertz CT molecular complexity index is 704. The Balaban J connectivity index is 1.64. The third kappa shape index (κ3) is 4.56. The van der Waals surface area contributed by atoms with Crippen LogP contribution in [0.3, 0.4) is 0 Å². The first-order valence-electron chi connectivity index (χ1n) is 8.40. The first-order chi connectivity index (χ1) is 12.0. The summed E-state index contributed by atoms with van der Waals surface area (Å²) in [7, 11) is 5.53. The van der Waals surface area contributed by atoms with Gasteiger partial charge in [0.15, 0.2) is 11.6 Å². The Morgan fingerprint density at radius 1 is 1.44 bits per heavy atom. The Labute approximate surface area is 147 Å². The van der Waals surface area contributed by atoms with Gasteiger partial charge in [0.2, 0.25) is 0 Å². The first-order valence-corrected chi connectivity index (χ1v) is 8.40. The molecule has 2 aromatic rings. The normalized spacial score (nSPS) is 18.7. The van der Waals surface area contributed by atoms with E-state index in [0.717, 1.165) is 43.3 Å². The molecule has 0 aliphatic carbocycles. The predicted octanol–water partition coefficient (Wildman–Crippen LogP) is 2.19. The smallest absolute Gasteiger partial charge is 0.165 e. The molecular formula is C18H25FN4O2. The van der Waals surface area contributed by atoms with E-state index < -0.39 is 0 Å². The van der Waals surface area contributed by atoms with Crippen LogP contribution < -0.4 is 4.74 Å². The van der Waals surface area contributed by atoms with Gasteiger partial charge < -0.3 is 19.4 Å². The maximum Gasteiger partial charge on any atom is 0.165 e. The molecule has 1 aromatic carbocycles. The van der Waals surface area contributed by atoms with E-state index in [9.17, 15) is 4.39 Å². The summed E-state index contributed by atoms with van der Waals surface area (Å²) in [6.45, 7) is 3.77. The number of nitrogens with one attached hydrogen (secondary N) is 1. The number of ether oxygens (including phenoxy) is 2. The summed E-state index contributed by atoms with van der Waals surface area (Å²) in [6.07, 6.45) is 1.79. The summed E-state index contributed by atoms with van der Waals surface area (Å²) in [6, 6.07) is 5.00. The number of nitrogens with zero attached hydrogens (tertiary/aromatic N) is 3. The number of aromatic amines is 1. The van der Waals surface area contributed by atoms with Crippen LogP contribution in [0.4, 0.5) is 4.39 Å². The Kier molecular flexibility index (Phi) is 5.67. The summed E-state index contributed by atoms with van der Waals surface area (Å²) in [4.78, 5) is 12.2. The SMILES string of the molecule is COc1cc(CN2CCOC(c3ncc(CN(C)C)[nH]3)C2)ccc1F. The zero-order valence-corrected chi connectivity index (χ0v) is 15.0. The Morgan fingerprint density at radius 2 is 2.28 bits per heavy atom. The summed E-state index contributed by atoms with van der Waals surface area (Å²) in [5.74, 6) is 0.801. The molecule has 1 saturated heterocycles. The lowest BCUT2D eigenvalue weighted by molar-refractivity contribution is -0.0369. The summed E-state index contributed by atoms with van der Waals surface area (Å²) < 4.78 is 24.5. The molecule has 0 amide bonds. The van der Waals surface area contributed by atoms with E-state index in [1.54, 1.807) is 12.1 Å². The first kappa shape index (κ1) is 17.8. The minimum Gasteiger partial charge on any atom is -0.494 e. The molecule has 6 nitrogen and oxygen atoms in total. The predicted molar refractivity (Wildman–Crippen MR) is 92.9 cm³/mol. The van der Waals surface area contributed by atoms with Crippen LogP contribution in [0.1, 0.15) is 23.2 Å². The highest BCUT2D eigenvalue weighted by Crippen LogP contribution is 2.23. The van der Waals surface area contributed by atoms with Crippen molar-refractivity contribution in [2.24, 2.45) is 0 Å². The molecule has 1 unspecified atom stereocenters. The lowest BCUT2D eigenvalue weighted by atomic mass is 10.1. The molecule has 1 N–H and O–H groups in total. The fraction of sp³-hybridized carbons (Fsp3) is 0.500. The summed E-state index contributed by atoms with van der Waals surface area (Å²) in [5.41, 5.74) is 2.09. The van der Waals surface area contributed by atoms with Crippen molar-refractivity contribution in [2.45, 2.75) is 19.2 Å². The zero-order valence-electron chi connectivity index (χ0n) is 15.0. The van der Waals surface area contributed by atoms with Crippen LogP contribution in [0.2, 0.25) is 0 Å². The molecule has 1 fully saturated rings. The molecule has 0 radical (unpaired) electrons. The van der Waals surface area contributed by atoms with Gasteiger partial charge in [-0.3, -0.25) is 4.90 Å². The molecule has 1 atom stereocenters. The van der Waals surface area contributed by atoms with Crippen LogP contribution in [0.5, 0.6) is 5.75 Å². The van der Waals surface area contributed by atoms with E-state index in [1.165, 1.54) is 13.2 Å². The average molecular weight is 348 g/mol. The maximum absolute atomic E-state index is 13.6. The van der Waals surface area contributed by atoms with Gasteiger partial charge in [-0.15, -0.1) is 0 Å². The van der Waals surface area contributed by atoms with Gasteiger partial charge in [-0.2, -0.15) is 0 Å². The van der Waals surface area contributed by atoms with Crippen molar-refractivity contribution in [3.8, 4) is 5.75 Å². The van der Waals surface area contributed by atoms with Gasteiger partial charge in [0.05, 0.1) is 13.7 Å². The molecular weight excluding hydrogens is 323 g/mol. The van der Waals surface area contributed by atoms with E-state index in [-0.39, 0.29) is 17.7 Å². The lowest BCUT2D eigenvalue weighted by Gasteiger charge is -2.32. The van der Waals surface area contributed by atoms with Crippen molar-refractivity contribution in [3.05, 3.63) is 47.3 Å². The monoisotopic (exact) mass is 348 g/mol. The Hall–Kier alpha value is -1.96. The number of methoxy groups -OCH3 is 1. The second kappa shape index (κ2) is 7.95. The highest BCUT2D eigenvalue weighted by Gasteiger charge is 2.24. The van der Waals surface area contributed by atoms with Gasteiger partial charge >= 0.3 is 0 Å². The topological polar surface area (TPSA) is 53.6 Å². The lowest BCUT2D eigenvalue weighted by Crippen LogP contribution is -2.38. The summed E-state index contributed by atoms with van der Waals surface area (Å²) >= 11 is 0. The average Bonchev–Trinajstić information content (AvgIpc) is 3.04.